The van der Waals surface area contributed by atoms with Crippen molar-refractivity contribution >= 4 is 23.4 Å². The predicted octanol–water partition coefficient (Wildman–Crippen LogP) is 2.84. The van der Waals surface area contributed by atoms with Crippen LogP contribution in [0.25, 0.3) is 0 Å². The number of alkyl halides is 3. The molecule has 2 bridgehead atoms. The van der Waals surface area contributed by atoms with Crippen molar-refractivity contribution in [3.8, 4) is 0 Å². The average Bonchev–Trinajstić information content (AvgIpc) is 3.27. The van der Waals surface area contributed by atoms with Crippen LogP contribution in [-0.4, -0.2) is 29.2 Å². The van der Waals surface area contributed by atoms with Gasteiger partial charge >= 0.3 is 6.18 Å². The van der Waals surface area contributed by atoms with Crippen molar-refractivity contribution in [1.82, 2.24) is 4.90 Å². The molecular formula is C19H17F3N2O3. The minimum Gasteiger partial charge on any atom is -0.325 e. The van der Waals surface area contributed by atoms with Crippen LogP contribution in [0.15, 0.2) is 36.4 Å². The summed E-state index contributed by atoms with van der Waals surface area (Å²) in [5.41, 5.74) is -1.28. The van der Waals surface area contributed by atoms with E-state index in [1.165, 1.54) is 18.2 Å². The monoisotopic (exact) mass is 378 g/mol. The number of fused-ring (bicyclic) bond motifs is 5. The molecule has 1 saturated carbocycles. The highest BCUT2D eigenvalue weighted by Gasteiger charge is 2.59. The van der Waals surface area contributed by atoms with Crippen molar-refractivity contribution in [2.75, 3.05) is 11.9 Å². The molecule has 8 heteroatoms. The maximum atomic E-state index is 13.0. The molecule has 1 aromatic rings. The van der Waals surface area contributed by atoms with Crippen LogP contribution >= 0.6 is 0 Å². The van der Waals surface area contributed by atoms with Crippen molar-refractivity contribution in [1.29, 1.82) is 0 Å². The number of carbonyl (C=O) groups excluding carboxylic acids is 3. The van der Waals surface area contributed by atoms with Gasteiger partial charge in [0.25, 0.3) is 0 Å². The molecule has 1 aromatic carbocycles. The lowest BCUT2D eigenvalue weighted by atomic mass is 9.85. The molecule has 5 nitrogen and oxygen atoms in total. The number of likely N-dealkylation sites (tertiary alicyclic amines) is 1. The molecular weight excluding hydrogens is 361 g/mol. The molecule has 0 spiro atoms. The number of benzene rings is 1. The zero-order valence-corrected chi connectivity index (χ0v) is 14.2. The van der Waals surface area contributed by atoms with E-state index < -0.39 is 17.6 Å². The van der Waals surface area contributed by atoms with Crippen LogP contribution in [0.3, 0.4) is 0 Å². The minimum absolute atomic E-state index is 0.0777. The van der Waals surface area contributed by atoms with Crippen LogP contribution in [0.1, 0.15) is 18.4 Å². The third-order valence-electron chi connectivity index (χ3n) is 5.63. The average molecular weight is 378 g/mol. The minimum atomic E-state index is -4.59. The van der Waals surface area contributed by atoms with E-state index in [1.54, 1.807) is 0 Å². The number of anilines is 1. The fourth-order valence-electron chi connectivity index (χ4n) is 4.45. The highest BCUT2D eigenvalue weighted by atomic mass is 19.4. The summed E-state index contributed by atoms with van der Waals surface area (Å²) < 4.78 is 39.0. The molecule has 1 saturated heterocycles. The van der Waals surface area contributed by atoms with Gasteiger partial charge in [0.2, 0.25) is 17.7 Å². The lowest BCUT2D eigenvalue weighted by Gasteiger charge is -2.17. The van der Waals surface area contributed by atoms with Gasteiger partial charge < -0.3 is 5.32 Å². The lowest BCUT2D eigenvalue weighted by Crippen LogP contribution is -2.35. The van der Waals surface area contributed by atoms with E-state index >= 15 is 0 Å². The summed E-state index contributed by atoms with van der Waals surface area (Å²) in [5.74, 6) is -1.76. The predicted molar refractivity (Wildman–Crippen MR) is 89.1 cm³/mol. The van der Waals surface area contributed by atoms with Crippen LogP contribution in [-0.2, 0) is 20.6 Å². The Morgan fingerprint density at radius 1 is 1.07 bits per heavy atom. The number of allylic oxidation sites excluding steroid dienone is 2. The Bertz CT molecular complexity index is 819. The second-order valence-corrected chi connectivity index (χ2v) is 7.17. The quantitative estimate of drug-likeness (QED) is 0.647. The lowest BCUT2D eigenvalue weighted by molar-refractivity contribution is -0.141. The van der Waals surface area contributed by atoms with Gasteiger partial charge in [0.05, 0.1) is 23.1 Å². The Morgan fingerprint density at radius 2 is 1.67 bits per heavy atom. The highest BCUT2D eigenvalue weighted by Crippen LogP contribution is 2.52. The van der Waals surface area contributed by atoms with Gasteiger partial charge in [0, 0.05) is 13.0 Å². The first kappa shape index (κ1) is 17.8. The molecule has 27 heavy (non-hydrogen) atoms. The molecule has 4 atom stereocenters. The van der Waals surface area contributed by atoms with Crippen molar-refractivity contribution < 1.29 is 27.6 Å². The SMILES string of the molecule is O=C(CCN1C(=O)[C@@H]2[C@@H](C1=O)[C@H]1C=C[C@@H]2C1)Nc1ccccc1C(F)(F)F. The number of hydrogen-bond donors (Lipinski definition) is 1. The molecule has 0 aromatic heterocycles. The smallest absolute Gasteiger partial charge is 0.325 e. The van der Waals surface area contributed by atoms with Gasteiger partial charge in [-0.2, -0.15) is 13.2 Å². The number of carbonyl (C=O) groups is 3. The van der Waals surface area contributed by atoms with E-state index in [0.29, 0.717) is 0 Å². The maximum absolute atomic E-state index is 13.0. The van der Waals surface area contributed by atoms with Crippen molar-refractivity contribution in [2.45, 2.75) is 19.0 Å². The summed E-state index contributed by atoms with van der Waals surface area (Å²) in [6.07, 6.45) is -0.0711. The van der Waals surface area contributed by atoms with Gasteiger partial charge in [-0.1, -0.05) is 24.3 Å². The molecule has 4 rings (SSSR count). The van der Waals surface area contributed by atoms with Crippen LogP contribution in [0.5, 0.6) is 0 Å². The van der Waals surface area contributed by atoms with Crippen molar-refractivity contribution in [2.24, 2.45) is 23.7 Å². The highest BCUT2D eigenvalue weighted by molar-refractivity contribution is 6.06. The van der Waals surface area contributed by atoms with Crippen molar-refractivity contribution in [3.63, 3.8) is 0 Å². The molecule has 0 unspecified atom stereocenters. The Labute approximate surface area is 153 Å². The number of hydrogen-bond acceptors (Lipinski definition) is 3. The van der Waals surface area contributed by atoms with Gasteiger partial charge in [-0.3, -0.25) is 19.3 Å². The number of nitrogens with one attached hydrogen (secondary N) is 1. The molecule has 3 aliphatic rings. The summed E-state index contributed by atoms with van der Waals surface area (Å²) in [6, 6.07) is 4.68. The number of amides is 3. The standard InChI is InChI=1S/C19H17F3N2O3/c20-19(21,22)12-3-1-2-4-13(12)23-14(25)7-8-24-17(26)15-10-5-6-11(9-10)16(15)18(24)27/h1-6,10-11,15-16H,7-9H2,(H,23,25)/t10-,11+,15-,16-/m0/s1. The van der Waals surface area contributed by atoms with Gasteiger partial charge in [-0.15, -0.1) is 0 Å². The molecule has 1 aliphatic heterocycles. The Morgan fingerprint density at radius 3 is 2.26 bits per heavy atom. The zero-order valence-electron chi connectivity index (χ0n) is 14.2. The molecule has 2 fully saturated rings. The molecule has 1 N–H and O–H groups in total. The maximum Gasteiger partial charge on any atom is 0.418 e. The van der Waals surface area contributed by atoms with Crippen LogP contribution in [0.4, 0.5) is 18.9 Å². The number of para-hydroxylation sites is 1. The van der Waals surface area contributed by atoms with E-state index in [-0.39, 0.29) is 54.1 Å². The normalized spacial score (nSPS) is 28.8. The van der Waals surface area contributed by atoms with Gasteiger partial charge in [0.1, 0.15) is 0 Å². The number of rotatable bonds is 4. The molecule has 142 valence electrons. The topological polar surface area (TPSA) is 66.5 Å². The zero-order chi connectivity index (χ0) is 19.3. The fraction of sp³-hybridized carbons (Fsp3) is 0.421. The third kappa shape index (κ3) is 2.93. The third-order valence-corrected chi connectivity index (χ3v) is 5.63. The molecule has 0 radical (unpaired) electrons. The Hall–Kier alpha value is -2.64. The van der Waals surface area contributed by atoms with E-state index in [2.05, 4.69) is 5.32 Å². The second-order valence-electron chi connectivity index (χ2n) is 7.17. The van der Waals surface area contributed by atoms with Gasteiger partial charge in [-0.25, -0.2) is 0 Å². The molecule has 3 amide bonds. The first-order chi connectivity index (χ1) is 12.8. The fourth-order valence-corrected chi connectivity index (χ4v) is 4.45. The van der Waals surface area contributed by atoms with Gasteiger partial charge in [0.15, 0.2) is 0 Å². The summed E-state index contributed by atoms with van der Waals surface area (Å²) in [7, 11) is 0. The van der Waals surface area contributed by atoms with Crippen LogP contribution in [0, 0.1) is 23.7 Å². The van der Waals surface area contributed by atoms with Crippen LogP contribution < -0.4 is 5.32 Å². The largest absolute Gasteiger partial charge is 0.418 e. The summed E-state index contributed by atoms with van der Waals surface area (Å²) >= 11 is 0. The molecule has 1 heterocycles. The van der Waals surface area contributed by atoms with Crippen molar-refractivity contribution in [3.05, 3.63) is 42.0 Å². The Kier molecular flexibility index (Phi) is 4.09. The molecule has 2 aliphatic carbocycles. The van der Waals surface area contributed by atoms with Crippen LogP contribution in [0.2, 0.25) is 0 Å². The summed E-state index contributed by atoms with van der Waals surface area (Å²) in [6.45, 7) is -0.121. The second kappa shape index (κ2) is 6.21. The first-order valence-electron chi connectivity index (χ1n) is 8.77. The number of nitrogens with zero attached hydrogens (tertiary/aromatic N) is 1. The summed E-state index contributed by atoms with van der Waals surface area (Å²) in [5, 5.41) is 2.23. The van der Waals surface area contributed by atoms with E-state index in [0.717, 1.165) is 17.4 Å². The Balaban J connectivity index is 1.40. The van der Waals surface area contributed by atoms with E-state index in [4.69, 9.17) is 0 Å². The van der Waals surface area contributed by atoms with Gasteiger partial charge in [-0.05, 0) is 30.4 Å². The number of imide groups is 1. The summed E-state index contributed by atoms with van der Waals surface area (Å²) in [4.78, 5) is 38.3. The number of halogens is 3. The first-order valence-corrected chi connectivity index (χ1v) is 8.77. The van der Waals surface area contributed by atoms with E-state index in [1.807, 2.05) is 12.2 Å². The van der Waals surface area contributed by atoms with E-state index in [9.17, 15) is 27.6 Å².